The number of carboxylic acids is 1. The molecule has 0 aliphatic heterocycles. The van der Waals surface area contributed by atoms with Crippen LogP contribution in [0, 0.1) is 13.8 Å². The van der Waals surface area contributed by atoms with E-state index in [1.54, 1.807) is 39.0 Å². The first kappa shape index (κ1) is 20.7. The van der Waals surface area contributed by atoms with Crippen molar-refractivity contribution < 1.29 is 23.1 Å². The quantitative estimate of drug-likeness (QED) is 0.546. The lowest BCUT2D eigenvalue weighted by molar-refractivity contribution is 0.0697. The highest BCUT2D eigenvalue weighted by molar-refractivity contribution is 7.92. The summed E-state index contributed by atoms with van der Waals surface area (Å²) in [6, 6.07) is 6.24. The summed E-state index contributed by atoms with van der Waals surface area (Å²) in [5.74, 6) is -1.10. The number of rotatable bonds is 8. The van der Waals surface area contributed by atoms with Crippen molar-refractivity contribution in [3.8, 4) is 0 Å². The van der Waals surface area contributed by atoms with Gasteiger partial charge in [-0.15, -0.1) is 5.10 Å². The van der Waals surface area contributed by atoms with Crippen LogP contribution in [-0.4, -0.2) is 58.8 Å². The number of nitrogens with zero attached hydrogens (tertiary/aromatic N) is 5. The first-order valence-corrected chi connectivity index (χ1v) is 10.3. The van der Waals surface area contributed by atoms with Gasteiger partial charge in [-0.1, -0.05) is 12.1 Å². The maximum atomic E-state index is 13.4. The molecule has 0 spiro atoms. The van der Waals surface area contributed by atoms with E-state index in [9.17, 15) is 18.3 Å². The molecular weight excluding hydrogens is 398 g/mol. The van der Waals surface area contributed by atoms with Crippen molar-refractivity contribution in [1.82, 2.24) is 19.6 Å². The Bertz CT molecular complexity index is 1160. The van der Waals surface area contributed by atoms with Gasteiger partial charge < -0.3 is 9.84 Å². The molecule has 0 aliphatic rings. The van der Waals surface area contributed by atoms with Gasteiger partial charge >= 0.3 is 16.0 Å². The summed E-state index contributed by atoms with van der Waals surface area (Å²) >= 11 is 0. The normalized spacial score (nSPS) is 11.7. The Morgan fingerprint density at radius 2 is 2.03 bits per heavy atom. The third-order valence-corrected chi connectivity index (χ3v) is 5.87. The van der Waals surface area contributed by atoms with Gasteiger partial charge in [-0.2, -0.15) is 13.4 Å². The molecule has 0 saturated carbocycles. The lowest BCUT2D eigenvalue weighted by Crippen LogP contribution is -2.36. The highest BCUT2D eigenvalue weighted by Crippen LogP contribution is 2.30. The number of aryl methyl sites for hydroxylation is 2. The van der Waals surface area contributed by atoms with Gasteiger partial charge in [0.05, 0.1) is 24.4 Å². The summed E-state index contributed by atoms with van der Waals surface area (Å²) in [5, 5.41) is 13.2. The van der Waals surface area contributed by atoms with Crippen molar-refractivity contribution in [2.75, 3.05) is 24.1 Å². The van der Waals surface area contributed by atoms with Crippen molar-refractivity contribution in [1.29, 1.82) is 0 Å². The molecule has 2 aromatic heterocycles. The zero-order valence-corrected chi connectivity index (χ0v) is 17.0. The van der Waals surface area contributed by atoms with E-state index in [1.165, 1.54) is 16.8 Å². The first-order chi connectivity index (χ1) is 13.8. The molecule has 0 atom stereocenters. The van der Waals surface area contributed by atoms with E-state index in [1.807, 2.05) is 0 Å². The SMILES string of the molecule is CCOCCN(c1c(C)cccc1C(=O)O)S(=O)(=O)c1nc2nccc(C)n2n1. The number of benzene rings is 1. The molecule has 0 bridgehead atoms. The largest absolute Gasteiger partial charge is 0.478 e. The average Bonchev–Trinajstić information content (AvgIpc) is 3.12. The zero-order valence-electron chi connectivity index (χ0n) is 16.2. The molecule has 10 nitrogen and oxygen atoms in total. The summed E-state index contributed by atoms with van der Waals surface area (Å²) in [7, 11) is -4.28. The predicted octanol–water partition coefficient (Wildman–Crippen LogP) is 1.67. The average molecular weight is 419 g/mol. The standard InChI is InChI=1S/C18H21N5O5S/c1-4-28-11-10-22(15-12(2)6-5-7-14(15)16(24)25)29(26,27)18-20-17-19-9-8-13(3)23(17)21-18/h5-9H,4,10-11H2,1-3H3,(H,24,25). The molecule has 0 aliphatic carbocycles. The van der Waals surface area contributed by atoms with Crippen LogP contribution in [0.3, 0.4) is 0 Å². The van der Waals surface area contributed by atoms with Gasteiger partial charge in [0.1, 0.15) is 0 Å². The number of carbonyl (C=O) groups is 1. The third kappa shape index (κ3) is 3.91. The predicted molar refractivity (Wildman–Crippen MR) is 105 cm³/mol. The third-order valence-electron chi connectivity index (χ3n) is 4.29. The van der Waals surface area contributed by atoms with E-state index >= 15 is 0 Å². The van der Waals surface area contributed by atoms with E-state index < -0.39 is 21.1 Å². The lowest BCUT2D eigenvalue weighted by Gasteiger charge is -2.25. The van der Waals surface area contributed by atoms with E-state index in [0.29, 0.717) is 17.9 Å². The number of aromatic nitrogens is 4. The molecule has 3 aromatic rings. The Kier molecular flexibility index (Phi) is 5.80. The Morgan fingerprint density at radius 1 is 1.28 bits per heavy atom. The second-order valence-electron chi connectivity index (χ2n) is 6.24. The molecule has 0 amide bonds. The number of hydrogen-bond acceptors (Lipinski definition) is 7. The molecule has 29 heavy (non-hydrogen) atoms. The Morgan fingerprint density at radius 3 is 2.69 bits per heavy atom. The summed E-state index contributed by atoms with van der Waals surface area (Å²) in [4.78, 5) is 19.8. The van der Waals surface area contributed by atoms with Crippen LogP contribution in [0.25, 0.3) is 5.78 Å². The number of ether oxygens (including phenoxy) is 1. The first-order valence-electron chi connectivity index (χ1n) is 8.89. The van der Waals surface area contributed by atoms with Gasteiger partial charge in [0.2, 0.25) is 0 Å². The fourth-order valence-corrected chi connectivity index (χ4v) is 4.28. The summed E-state index contributed by atoms with van der Waals surface area (Å²) in [6.45, 7) is 5.55. The molecular formula is C18H21N5O5S. The highest BCUT2D eigenvalue weighted by Gasteiger charge is 2.33. The van der Waals surface area contributed by atoms with E-state index in [2.05, 4.69) is 15.1 Å². The molecule has 154 valence electrons. The molecule has 2 heterocycles. The number of sulfonamides is 1. The van der Waals surface area contributed by atoms with Crippen molar-refractivity contribution in [2.24, 2.45) is 0 Å². The van der Waals surface area contributed by atoms with Gasteiger partial charge in [-0.05, 0) is 38.5 Å². The topological polar surface area (TPSA) is 127 Å². The fraction of sp³-hybridized carbons (Fsp3) is 0.333. The molecule has 1 aromatic carbocycles. The smallest absolute Gasteiger partial charge is 0.337 e. The molecule has 1 N–H and O–H groups in total. The Hall–Kier alpha value is -3.05. The fourth-order valence-electron chi connectivity index (χ4n) is 2.90. The second kappa shape index (κ2) is 8.13. The van der Waals surface area contributed by atoms with Gasteiger partial charge in [0.15, 0.2) is 0 Å². The summed E-state index contributed by atoms with van der Waals surface area (Å²) in [5.41, 5.74) is 1.07. The van der Waals surface area contributed by atoms with Gasteiger partial charge in [-0.25, -0.2) is 14.3 Å². The molecule has 3 rings (SSSR count). The minimum absolute atomic E-state index is 0.0586. The number of carboxylic acid groups (broad SMARTS) is 1. The van der Waals surface area contributed by atoms with Crippen LogP contribution in [0.4, 0.5) is 5.69 Å². The van der Waals surface area contributed by atoms with Crippen LogP contribution in [0.1, 0.15) is 28.5 Å². The van der Waals surface area contributed by atoms with Crippen LogP contribution in [0.5, 0.6) is 0 Å². The van der Waals surface area contributed by atoms with Crippen molar-refractivity contribution in [3.63, 3.8) is 0 Å². The van der Waals surface area contributed by atoms with E-state index in [0.717, 1.165) is 4.31 Å². The van der Waals surface area contributed by atoms with Crippen molar-refractivity contribution >= 4 is 27.5 Å². The van der Waals surface area contributed by atoms with Crippen molar-refractivity contribution in [3.05, 3.63) is 47.3 Å². The molecule has 11 heteroatoms. The van der Waals surface area contributed by atoms with E-state index in [-0.39, 0.29) is 30.2 Å². The summed E-state index contributed by atoms with van der Waals surface area (Å²) in [6.07, 6.45) is 1.51. The number of aromatic carboxylic acids is 1. The van der Waals surface area contributed by atoms with Gasteiger partial charge in [0, 0.05) is 18.5 Å². The van der Waals surface area contributed by atoms with Crippen LogP contribution < -0.4 is 4.31 Å². The van der Waals surface area contributed by atoms with Crippen molar-refractivity contribution in [2.45, 2.75) is 25.9 Å². The number of anilines is 1. The van der Waals surface area contributed by atoms with Crippen LogP contribution in [0.2, 0.25) is 0 Å². The molecule has 0 unspecified atom stereocenters. The number of para-hydroxylation sites is 1. The lowest BCUT2D eigenvalue weighted by atomic mass is 10.1. The second-order valence-corrected chi connectivity index (χ2v) is 8.00. The molecule has 0 saturated heterocycles. The molecule has 0 radical (unpaired) electrons. The monoisotopic (exact) mass is 419 g/mol. The maximum absolute atomic E-state index is 13.4. The van der Waals surface area contributed by atoms with Crippen LogP contribution >= 0.6 is 0 Å². The Labute approximate surface area is 167 Å². The minimum Gasteiger partial charge on any atom is -0.478 e. The minimum atomic E-state index is -4.28. The number of fused-ring (bicyclic) bond motifs is 1. The van der Waals surface area contributed by atoms with Crippen LogP contribution in [0.15, 0.2) is 35.6 Å². The highest BCUT2D eigenvalue weighted by atomic mass is 32.2. The van der Waals surface area contributed by atoms with Gasteiger partial charge in [0.25, 0.3) is 10.9 Å². The summed E-state index contributed by atoms with van der Waals surface area (Å²) < 4.78 is 34.5. The maximum Gasteiger partial charge on any atom is 0.337 e. The zero-order chi connectivity index (χ0) is 21.2. The number of hydrogen-bond donors (Lipinski definition) is 1. The van der Waals surface area contributed by atoms with E-state index in [4.69, 9.17) is 4.74 Å². The molecule has 0 fully saturated rings. The Balaban J connectivity index is 2.18. The van der Waals surface area contributed by atoms with Crippen LogP contribution in [-0.2, 0) is 14.8 Å². The van der Waals surface area contributed by atoms with Gasteiger partial charge in [-0.3, -0.25) is 4.31 Å².